The van der Waals surface area contributed by atoms with E-state index < -0.39 is 10.0 Å². The summed E-state index contributed by atoms with van der Waals surface area (Å²) >= 11 is 6.62. The van der Waals surface area contributed by atoms with Gasteiger partial charge in [-0.3, -0.25) is 14.8 Å². The molecule has 0 spiro atoms. The molecule has 0 radical (unpaired) electrons. The van der Waals surface area contributed by atoms with E-state index in [1.165, 1.54) is 60.9 Å². The number of carbonyl (C=O) groups excluding carboxylic acids is 1. The van der Waals surface area contributed by atoms with E-state index in [4.69, 9.17) is 17.0 Å². The van der Waals surface area contributed by atoms with Crippen molar-refractivity contribution in [1.82, 2.24) is 15.5 Å². The second-order valence-corrected chi connectivity index (χ2v) is 8.95. The number of aromatic nitrogens is 2. The van der Waals surface area contributed by atoms with Crippen molar-refractivity contribution in [3.8, 4) is 5.88 Å². The smallest absolute Gasteiger partial charge is 0.263 e. The Labute approximate surface area is 188 Å². The van der Waals surface area contributed by atoms with Crippen LogP contribution in [0.3, 0.4) is 0 Å². The fourth-order valence-electron chi connectivity index (χ4n) is 2.26. The Hall–Kier alpha value is -3.35. The Morgan fingerprint density at radius 1 is 1.13 bits per heavy atom. The summed E-state index contributed by atoms with van der Waals surface area (Å²) in [6.45, 7) is 0. The number of anilines is 2. The summed E-state index contributed by atoms with van der Waals surface area (Å²) in [4.78, 5) is 12.9. The summed E-state index contributed by atoms with van der Waals surface area (Å²) in [6, 6.07) is 12.5. The van der Waals surface area contributed by atoms with Crippen LogP contribution in [0.25, 0.3) is 6.08 Å². The number of methoxy groups -OCH3 is 1. The third-order valence-corrected chi connectivity index (χ3v) is 6.10. The van der Waals surface area contributed by atoms with Gasteiger partial charge in [0.05, 0.1) is 12.0 Å². The van der Waals surface area contributed by atoms with Crippen molar-refractivity contribution in [3.63, 3.8) is 0 Å². The quantitative estimate of drug-likeness (QED) is 0.352. The van der Waals surface area contributed by atoms with Crippen molar-refractivity contribution >= 4 is 62.2 Å². The number of sulfonamides is 1. The first kappa shape index (κ1) is 22.3. The molecular weight excluding hydrogens is 458 g/mol. The third kappa shape index (κ3) is 6.57. The fraction of sp³-hybridized carbons (Fsp3) is 0.0526. The monoisotopic (exact) mass is 475 g/mol. The minimum Gasteiger partial charge on any atom is -0.480 e. The van der Waals surface area contributed by atoms with E-state index in [1.54, 1.807) is 6.08 Å². The van der Waals surface area contributed by atoms with Crippen molar-refractivity contribution in [1.29, 1.82) is 0 Å². The van der Waals surface area contributed by atoms with E-state index in [9.17, 15) is 13.2 Å². The molecule has 3 rings (SSSR count). The molecule has 1 aromatic carbocycles. The molecule has 12 heteroatoms. The highest BCUT2D eigenvalue weighted by atomic mass is 32.2. The maximum absolute atomic E-state index is 12.5. The van der Waals surface area contributed by atoms with Gasteiger partial charge in [-0.05, 0) is 60.1 Å². The number of ether oxygens (including phenoxy) is 1. The Bertz CT molecular complexity index is 1180. The number of carbonyl (C=O) groups is 1. The normalized spacial score (nSPS) is 11.1. The van der Waals surface area contributed by atoms with E-state index in [2.05, 4.69) is 25.6 Å². The Morgan fingerprint density at radius 3 is 2.52 bits per heavy atom. The summed E-state index contributed by atoms with van der Waals surface area (Å²) < 4.78 is 32.2. The average molecular weight is 476 g/mol. The van der Waals surface area contributed by atoms with Crippen LogP contribution in [0.1, 0.15) is 4.88 Å². The molecule has 31 heavy (non-hydrogen) atoms. The number of nitrogens with one attached hydrogen (secondary N) is 3. The number of nitrogens with zero attached hydrogens (tertiary/aromatic N) is 2. The van der Waals surface area contributed by atoms with Gasteiger partial charge in [0.15, 0.2) is 10.9 Å². The Kier molecular flexibility index (Phi) is 7.28. The van der Waals surface area contributed by atoms with Crippen LogP contribution in [0, 0.1) is 0 Å². The van der Waals surface area contributed by atoms with E-state index in [-0.39, 0.29) is 27.6 Å². The Balaban J connectivity index is 1.57. The molecule has 0 saturated carbocycles. The summed E-state index contributed by atoms with van der Waals surface area (Å²) in [5, 5.41) is 14.8. The second kappa shape index (κ2) is 10.1. The molecule has 0 bridgehead atoms. The molecule has 3 aromatic rings. The van der Waals surface area contributed by atoms with Crippen LogP contribution in [0.2, 0.25) is 0 Å². The van der Waals surface area contributed by atoms with Crippen molar-refractivity contribution in [2.45, 2.75) is 4.90 Å². The van der Waals surface area contributed by atoms with Gasteiger partial charge in [0.1, 0.15) is 0 Å². The topological polar surface area (TPSA) is 122 Å². The molecule has 160 valence electrons. The largest absolute Gasteiger partial charge is 0.480 e. The molecule has 0 aliphatic heterocycles. The highest BCUT2D eigenvalue weighted by Crippen LogP contribution is 2.18. The summed E-state index contributed by atoms with van der Waals surface area (Å²) in [5.41, 5.74) is 0.510. The van der Waals surface area contributed by atoms with E-state index >= 15 is 0 Å². The number of hydrogen-bond acceptors (Lipinski definition) is 8. The minimum atomic E-state index is -3.86. The molecule has 9 nitrogen and oxygen atoms in total. The van der Waals surface area contributed by atoms with Gasteiger partial charge < -0.3 is 10.1 Å². The predicted molar refractivity (Wildman–Crippen MR) is 124 cm³/mol. The lowest BCUT2D eigenvalue weighted by molar-refractivity contribution is -0.115. The molecule has 2 aromatic heterocycles. The number of thiophene rings is 1. The highest BCUT2D eigenvalue weighted by molar-refractivity contribution is 7.92. The van der Waals surface area contributed by atoms with Crippen molar-refractivity contribution in [3.05, 3.63) is 64.9 Å². The first-order chi connectivity index (χ1) is 14.9. The van der Waals surface area contributed by atoms with Crippen LogP contribution in [-0.2, 0) is 14.8 Å². The van der Waals surface area contributed by atoms with Gasteiger partial charge in [-0.1, -0.05) is 6.07 Å². The number of amides is 1. The van der Waals surface area contributed by atoms with Crippen LogP contribution >= 0.6 is 23.6 Å². The molecule has 0 fully saturated rings. The minimum absolute atomic E-state index is 0.0181. The van der Waals surface area contributed by atoms with Crippen LogP contribution < -0.4 is 20.1 Å². The van der Waals surface area contributed by atoms with Gasteiger partial charge in [0, 0.05) is 22.7 Å². The van der Waals surface area contributed by atoms with Gasteiger partial charge in [0.25, 0.3) is 10.0 Å². The molecule has 0 atom stereocenters. The number of rotatable bonds is 7. The molecule has 3 N–H and O–H groups in total. The number of benzene rings is 1. The van der Waals surface area contributed by atoms with Crippen LogP contribution in [0.5, 0.6) is 5.88 Å². The lowest BCUT2D eigenvalue weighted by Crippen LogP contribution is -2.32. The summed E-state index contributed by atoms with van der Waals surface area (Å²) in [5.74, 6) is -0.0548. The molecule has 0 aliphatic rings. The number of thiocarbonyl (C=S) groups is 1. The van der Waals surface area contributed by atoms with Gasteiger partial charge in [-0.15, -0.1) is 21.5 Å². The maximum atomic E-state index is 12.5. The molecular formula is C19H17N5O4S3. The highest BCUT2D eigenvalue weighted by Gasteiger charge is 2.15. The van der Waals surface area contributed by atoms with Crippen LogP contribution in [-0.4, -0.2) is 36.7 Å². The second-order valence-electron chi connectivity index (χ2n) is 5.88. The Morgan fingerprint density at radius 2 is 1.90 bits per heavy atom. The average Bonchev–Trinajstić information content (AvgIpc) is 3.26. The first-order valence-electron chi connectivity index (χ1n) is 8.70. The van der Waals surface area contributed by atoms with Crippen LogP contribution in [0.15, 0.2) is 64.9 Å². The van der Waals surface area contributed by atoms with Crippen molar-refractivity contribution < 1.29 is 17.9 Å². The fourth-order valence-corrected chi connectivity index (χ4v) is 4.09. The summed E-state index contributed by atoms with van der Waals surface area (Å²) in [7, 11) is -2.42. The van der Waals surface area contributed by atoms with Crippen molar-refractivity contribution in [2.24, 2.45) is 0 Å². The zero-order valence-corrected chi connectivity index (χ0v) is 18.6. The zero-order chi connectivity index (χ0) is 22.3. The first-order valence-corrected chi connectivity index (χ1v) is 11.5. The van der Waals surface area contributed by atoms with Crippen molar-refractivity contribution in [2.75, 3.05) is 17.1 Å². The van der Waals surface area contributed by atoms with Crippen LogP contribution in [0.4, 0.5) is 11.5 Å². The predicted octanol–water partition coefficient (Wildman–Crippen LogP) is 2.87. The van der Waals surface area contributed by atoms with Gasteiger partial charge >= 0.3 is 0 Å². The lowest BCUT2D eigenvalue weighted by atomic mass is 10.3. The lowest BCUT2D eigenvalue weighted by Gasteiger charge is -2.10. The molecule has 0 aliphatic carbocycles. The summed E-state index contributed by atoms with van der Waals surface area (Å²) in [6.07, 6.45) is 3.06. The molecule has 0 saturated heterocycles. The van der Waals surface area contributed by atoms with E-state index in [1.807, 2.05) is 17.5 Å². The molecule has 2 heterocycles. The third-order valence-electron chi connectivity index (χ3n) is 3.69. The standard InChI is InChI=1S/C19H17N5O4S3/c1-28-18-11-9-16(22-23-18)24-31(26,27)15-7-4-13(5-8-15)20-19(29)21-17(25)10-6-14-3-2-12-30-14/h2-12H,1H3,(H,22,24)(H2,20,21,25,29)/b10-6+. The van der Waals surface area contributed by atoms with E-state index in [0.29, 0.717) is 5.69 Å². The van der Waals surface area contributed by atoms with E-state index in [0.717, 1.165) is 4.88 Å². The molecule has 0 unspecified atom stereocenters. The van der Waals surface area contributed by atoms with Gasteiger partial charge in [0.2, 0.25) is 11.8 Å². The van der Waals surface area contributed by atoms with Gasteiger partial charge in [-0.2, -0.15) is 0 Å². The molecule has 1 amide bonds. The zero-order valence-electron chi connectivity index (χ0n) is 16.1. The number of hydrogen-bond donors (Lipinski definition) is 3. The SMILES string of the molecule is COc1ccc(NS(=O)(=O)c2ccc(NC(=S)NC(=O)/C=C/c3cccs3)cc2)nn1. The van der Waals surface area contributed by atoms with Gasteiger partial charge in [-0.25, -0.2) is 8.42 Å². The maximum Gasteiger partial charge on any atom is 0.263 e.